The van der Waals surface area contributed by atoms with Crippen molar-refractivity contribution in [2.45, 2.75) is 12.5 Å². The molecule has 0 N–H and O–H groups in total. The molecule has 1 rings (SSSR count). The fourth-order valence-corrected chi connectivity index (χ4v) is 1.23. The number of rotatable bonds is 4. The molecule has 0 saturated heterocycles. The van der Waals surface area contributed by atoms with E-state index in [0.29, 0.717) is 6.54 Å². The zero-order valence-corrected chi connectivity index (χ0v) is 8.34. The molecule has 0 heterocycles. The van der Waals surface area contributed by atoms with E-state index in [1.54, 1.807) is 7.11 Å². The summed E-state index contributed by atoms with van der Waals surface area (Å²) < 4.78 is 5.36. The molecule has 14 heavy (non-hydrogen) atoms. The Balaban J connectivity index is 2.95. The number of ether oxygens (including phenoxy) is 1. The minimum atomic E-state index is -0.534. The van der Waals surface area contributed by atoms with Gasteiger partial charge in [0, 0.05) is 12.0 Å². The SMILES string of the molecule is COC(C)(CN=[N+]=[N-])c1ccccc1. The molecule has 1 atom stereocenters. The van der Waals surface area contributed by atoms with E-state index in [1.807, 2.05) is 37.3 Å². The van der Waals surface area contributed by atoms with E-state index in [1.165, 1.54) is 0 Å². The number of methoxy groups -OCH3 is 1. The first-order valence-electron chi connectivity index (χ1n) is 4.34. The van der Waals surface area contributed by atoms with Crippen LogP contribution in [0.15, 0.2) is 35.4 Å². The number of hydrogen-bond acceptors (Lipinski definition) is 2. The lowest BCUT2D eigenvalue weighted by Crippen LogP contribution is -2.27. The van der Waals surface area contributed by atoms with E-state index in [9.17, 15) is 0 Å². The van der Waals surface area contributed by atoms with Crippen LogP contribution in [0.2, 0.25) is 0 Å². The van der Waals surface area contributed by atoms with E-state index in [0.717, 1.165) is 5.56 Å². The van der Waals surface area contributed by atoms with Crippen molar-refractivity contribution in [1.82, 2.24) is 0 Å². The first-order chi connectivity index (χ1) is 6.73. The van der Waals surface area contributed by atoms with Crippen molar-refractivity contribution in [1.29, 1.82) is 0 Å². The third-order valence-corrected chi connectivity index (χ3v) is 2.27. The van der Waals surface area contributed by atoms with Gasteiger partial charge >= 0.3 is 0 Å². The summed E-state index contributed by atoms with van der Waals surface area (Å²) in [6.07, 6.45) is 0. The van der Waals surface area contributed by atoms with Gasteiger partial charge in [-0.2, -0.15) is 0 Å². The smallest absolute Gasteiger partial charge is 0.0955 e. The van der Waals surface area contributed by atoms with Gasteiger partial charge in [-0.3, -0.25) is 0 Å². The minimum absolute atomic E-state index is 0.296. The highest BCUT2D eigenvalue weighted by Gasteiger charge is 2.24. The van der Waals surface area contributed by atoms with Gasteiger partial charge in [0.15, 0.2) is 0 Å². The molecule has 1 aromatic carbocycles. The zero-order chi connectivity index (χ0) is 10.4. The van der Waals surface area contributed by atoms with Crippen LogP contribution >= 0.6 is 0 Å². The minimum Gasteiger partial charge on any atom is -0.374 e. The first kappa shape index (κ1) is 10.6. The maximum Gasteiger partial charge on any atom is 0.0955 e. The standard InChI is InChI=1S/C10H13N3O/c1-10(14-2,8-12-13-11)9-6-4-3-5-7-9/h3-7H,8H2,1-2H3. The van der Waals surface area contributed by atoms with Crippen molar-refractivity contribution in [2.75, 3.05) is 13.7 Å². The van der Waals surface area contributed by atoms with Crippen LogP contribution < -0.4 is 0 Å². The Morgan fingerprint density at radius 1 is 1.43 bits per heavy atom. The highest BCUT2D eigenvalue weighted by atomic mass is 16.5. The fraction of sp³-hybridized carbons (Fsp3) is 0.400. The molecular formula is C10H13N3O. The van der Waals surface area contributed by atoms with Gasteiger partial charge < -0.3 is 4.74 Å². The van der Waals surface area contributed by atoms with Crippen LogP contribution in [0.3, 0.4) is 0 Å². The van der Waals surface area contributed by atoms with E-state index in [4.69, 9.17) is 10.3 Å². The van der Waals surface area contributed by atoms with Crippen molar-refractivity contribution < 1.29 is 4.74 Å². The second-order valence-electron chi connectivity index (χ2n) is 3.19. The summed E-state index contributed by atoms with van der Waals surface area (Å²) >= 11 is 0. The molecule has 0 aliphatic carbocycles. The molecule has 0 spiro atoms. The maximum atomic E-state index is 8.27. The van der Waals surface area contributed by atoms with Gasteiger partial charge in [0.05, 0.1) is 12.1 Å². The van der Waals surface area contributed by atoms with Gasteiger partial charge in [-0.05, 0) is 18.0 Å². The predicted molar refractivity (Wildman–Crippen MR) is 54.8 cm³/mol. The van der Waals surface area contributed by atoms with Crippen LogP contribution in [-0.2, 0) is 10.3 Å². The van der Waals surface area contributed by atoms with Crippen molar-refractivity contribution in [3.63, 3.8) is 0 Å². The normalized spacial score (nSPS) is 14.1. The molecule has 4 nitrogen and oxygen atoms in total. The number of benzene rings is 1. The van der Waals surface area contributed by atoms with Crippen LogP contribution in [0, 0.1) is 0 Å². The van der Waals surface area contributed by atoms with Crippen LogP contribution in [0.5, 0.6) is 0 Å². The Hall–Kier alpha value is -1.51. The number of nitrogens with zero attached hydrogens (tertiary/aromatic N) is 3. The van der Waals surface area contributed by atoms with E-state index < -0.39 is 5.60 Å². The molecule has 0 aromatic heterocycles. The van der Waals surface area contributed by atoms with Crippen LogP contribution in [0.1, 0.15) is 12.5 Å². The lowest BCUT2D eigenvalue weighted by molar-refractivity contribution is 0.0102. The summed E-state index contributed by atoms with van der Waals surface area (Å²) in [6, 6.07) is 9.71. The second-order valence-corrected chi connectivity index (χ2v) is 3.19. The van der Waals surface area contributed by atoms with Crippen molar-refractivity contribution in [3.05, 3.63) is 46.3 Å². The Kier molecular flexibility index (Phi) is 3.51. The summed E-state index contributed by atoms with van der Waals surface area (Å²) in [5.74, 6) is 0. The van der Waals surface area contributed by atoms with Gasteiger partial charge in [0.2, 0.25) is 0 Å². The van der Waals surface area contributed by atoms with Crippen LogP contribution in [-0.4, -0.2) is 13.7 Å². The van der Waals surface area contributed by atoms with Gasteiger partial charge in [-0.15, -0.1) is 0 Å². The molecule has 0 aliphatic rings. The topological polar surface area (TPSA) is 58.0 Å². The summed E-state index contributed by atoms with van der Waals surface area (Å²) in [5, 5.41) is 3.55. The Morgan fingerprint density at radius 3 is 2.57 bits per heavy atom. The molecule has 0 radical (unpaired) electrons. The quantitative estimate of drug-likeness (QED) is 0.410. The van der Waals surface area contributed by atoms with Gasteiger partial charge in [0.1, 0.15) is 0 Å². The Morgan fingerprint density at radius 2 is 2.07 bits per heavy atom. The van der Waals surface area contributed by atoms with E-state index in [-0.39, 0.29) is 0 Å². The monoisotopic (exact) mass is 191 g/mol. The maximum absolute atomic E-state index is 8.27. The highest BCUT2D eigenvalue weighted by Crippen LogP contribution is 2.24. The van der Waals surface area contributed by atoms with Gasteiger partial charge in [-0.1, -0.05) is 35.4 Å². The van der Waals surface area contributed by atoms with Crippen molar-refractivity contribution in [3.8, 4) is 0 Å². The molecule has 0 fully saturated rings. The molecule has 1 aromatic rings. The first-order valence-corrected chi connectivity index (χ1v) is 4.34. The third kappa shape index (κ3) is 2.25. The average Bonchev–Trinajstić information content (AvgIpc) is 2.27. The van der Waals surface area contributed by atoms with Gasteiger partial charge in [0.25, 0.3) is 0 Å². The largest absolute Gasteiger partial charge is 0.374 e. The predicted octanol–water partition coefficient (Wildman–Crippen LogP) is 2.86. The molecule has 0 saturated carbocycles. The summed E-state index contributed by atoms with van der Waals surface area (Å²) in [4.78, 5) is 2.74. The van der Waals surface area contributed by atoms with Crippen molar-refractivity contribution in [2.24, 2.45) is 5.11 Å². The molecule has 1 unspecified atom stereocenters. The van der Waals surface area contributed by atoms with E-state index >= 15 is 0 Å². The van der Waals surface area contributed by atoms with Gasteiger partial charge in [-0.25, -0.2) is 0 Å². The Labute approximate surface area is 83.1 Å². The lowest BCUT2D eigenvalue weighted by atomic mass is 9.96. The summed E-state index contributed by atoms with van der Waals surface area (Å²) in [5.41, 5.74) is 8.75. The molecule has 0 bridgehead atoms. The molecule has 4 heteroatoms. The van der Waals surface area contributed by atoms with Crippen LogP contribution in [0.4, 0.5) is 0 Å². The highest BCUT2D eigenvalue weighted by molar-refractivity contribution is 5.22. The molecule has 0 amide bonds. The molecule has 0 aliphatic heterocycles. The Bertz CT molecular complexity index is 332. The van der Waals surface area contributed by atoms with Crippen LogP contribution in [0.25, 0.3) is 10.4 Å². The summed E-state index contributed by atoms with van der Waals surface area (Å²) in [7, 11) is 1.61. The second kappa shape index (κ2) is 4.65. The average molecular weight is 191 g/mol. The van der Waals surface area contributed by atoms with E-state index in [2.05, 4.69) is 10.0 Å². The fourth-order valence-electron chi connectivity index (χ4n) is 1.23. The lowest BCUT2D eigenvalue weighted by Gasteiger charge is -2.26. The summed E-state index contributed by atoms with van der Waals surface area (Å²) in [6.45, 7) is 2.20. The number of hydrogen-bond donors (Lipinski definition) is 0. The number of azide groups is 1. The molecule has 74 valence electrons. The zero-order valence-electron chi connectivity index (χ0n) is 8.34. The third-order valence-electron chi connectivity index (χ3n) is 2.27. The van der Waals surface area contributed by atoms with Crippen molar-refractivity contribution >= 4 is 0 Å². The molecular weight excluding hydrogens is 178 g/mol.